The van der Waals surface area contributed by atoms with E-state index in [2.05, 4.69) is 22.3 Å². The molecule has 0 saturated carbocycles. The number of hydrogen-bond acceptors (Lipinski definition) is 4. The zero-order valence-electron chi connectivity index (χ0n) is 12.3. The lowest BCUT2D eigenvalue weighted by atomic mass is 10.1. The van der Waals surface area contributed by atoms with Gasteiger partial charge in [-0.3, -0.25) is 4.90 Å². The summed E-state index contributed by atoms with van der Waals surface area (Å²) in [7, 11) is 0. The largest absolute Gasteiger partial charge is 0.409 e. The second kappa shape index (κ2) is 7.38. The SMILES string of the molecule is CC(CNCc1cccc(/C(N)=N/O)c1F)N1CCCC1. The van der Waals surface area contributed by atoms with Crippen LogP contribution in [0.5, 0.6) is 0 Å². The first-order chi connectivity index (χ1) is 10.1. The Balaban J connectivity index is 1.91. The van der Waals surface area contributed by atoms with Crippen molar-refractivity contribution >= 4 is 5.84 Å². The van der Waals surface area contributed by atoms with Crippen LogP contribution in [0.15, 0.2) is 23.4 Å². The van der Waals surface area contributed by atoms with E-state index in [0.717, 1.165) is 19.6 Å². The number of nitrogens with two attached hydrogens (primary N) is 1. The van der Waals surface area contributed by atoms with Gasteiger partial charge in [0.15, 0.2) is 5.84 Å². The van der Waals surface area contributed by atoms with Crippen LogP contribution in [0.2, 0.25) is 0 Å². The van der Waals surface area contributed by atoms with E-state index in [4.69, 9.17) is 10.9 Å². The third kappa shape index (κ3) is 3.92. The fraction of sp³-hybridized carbons (Fsp3) is 0.533. The quantitative estimate of drug-likeness (QED) is 0.322. The molecule has 21 heavy (non-hydrogen) atoms. The highest BCUT2D eigenvalue weighted by atomic mass is 19.1. The molecule has 0 aromatic heterocycles. The van der Waals surface area contributed by atoms with Gasteiger partial charge < -0.3 is 16.3 Å². The van der Waals surface area contributed by atoms with Gasteiger partial charge in [0.25, 0.3) is 0 Å². The molecule has 1 aromatic carbocycles. The Morgan fingerprint density at radius 1 is 1.48 bits per heavy atom. The maximum Gasteiger partial charge on any atom is 0.173 e. The molecule has 0 radical (unpaired) electrons. The molecule has 4 N–H and O–H groups in total. The lowest BCUT2D eigenvalue weighted by molar-refractivity contribution is 0.251. The number of oxime groups is 1. The summed E-state index contributed by atoms with van der Waals surface area (Å²) in [5.74, 6) is -0.645. The van der Waals surface area contributed by atoms with E-state index in [1.807, 2.05) is 0 Å². The van der Waals surface area contributed by atoms with E-state index in [1.54, 1.807) is 12.1 Å². The summed E-state index contributed by atoms with van der Waals surface area (Å²) in [6.07, 6.45) is 2.53. The first-order valence-corrected chi connectivity index (χ1v) is 7.33. The number of rotatable bonds is 6. The topological polar surface area (TPSA) is 73.9 Å². The molecule has 2 rings (SSSR count). The van der Waals surface area contributed by atoms with E-state index >= 15 is 0 Å². The van der Waals surface area contributed by atoms with Crippen LogP contribution in [-0.2, 0) is 6.54 Å². The number of benzene rings is 1. The minimum Gasteiger partial charge on any atom is -0.409 e. The molecule has 0 spiro atoms. The van der Waals surface area contributed by atoms with Crippen molar-refractivity contribution in [3.8, 4) is 0 Å². The molecule has 1 fully saturated rings. The summed E-state index contributed by atoms with van der Waals surface area (Å²) in [5.41, 5.74) is 6.11. The Kier molecular flexibility index (Phi) is 5.52. The van der Waals surface area contributed by atoms with Gasteiger partial charge in [-0.15, -0.1) is 0 Å². The number of likely N-dealkylation sites (tertiary alicyclic amines) is 1. The summed E-state index contributed by atoms with van der Waals surface area (Å²) in [6.45, 7) is 5.72. The standard InChI is InChI=1S/C15H23FN4O/c1-11(20-7-2-3-8-20)9-18-10-12-5-4-6-13(14(12)16)15(17)19-21/h4-6,11,18,21H,2-3,7-10H2,1H3,(H2,17,19). The van der Waals surface area contributed by atoms with Crippen molar-refractivity contribution in [2.45, 2.75) is 32.4 Å². The van der Waals surface area contributed by atoms with Crippen LogP contribution in [-0.4, -0.2) is 41.6 Å². The van der Waals surface area contributed by atoms with Gasteiger partial charge in [0.2, 0.25) is 0 Å². The number of hydrogen-bond donors (Lipinski definition) is 3. The Hall–Kier alpha value is -1.66. The van der Waals surface area contributed by atoms with E-state index in [-0.39, 0.29) is 11.4 Å². The monoisotopic (exact) mass is 294 g/mol. The summed E-state index contributed by atoms with van der Waals surface area (Å²) in [6, 6.07) is 5.36. The third-order valence-electron chi connectivity index (χ3n) is 3.98. The second-order valence-electron chi connectivity index (χ2n) is 5.49. The van der Waals surface area contributed by atoms with Crippen LogP contribution in [0.25, 0.3) is 0 Å². The van der Waals surface area contributed by atoms with Crippen molar-refractivity contribution in [3.05, 3.63) is 35.1 Å². The van der Waals surface area contributed by atoms with Gasteiger partial charge in [0.05, 0.1) is 5.56 Å². The van der Waals surface area contributed by atoms with E-state index < -0.39 is 5.82 Å². The highest BCUT2D eigenvalue weighted by Gasteiger charge is 2.17. The van der Waals surface area contributed by atoms with Crippen LogP contribution in [0.4, 0.5) is 4.39 Å². The Morgan fingerprint density at radius 2 is 2.19 bits per heavy atom. The summed E-state index contributed by atoms with van der Waals surface area (Å²) >= 11 is 0. The van der Waals surface area contributed by atoms with Crippen LogP contribution in [0, 0.1) is 5.82 Å². The molecule has 1 aromatic rings. The smallest absolute Gasteiger partial charge is 0.173 e. The van der Waals surface area contributed by atoms with Gasteiger partial charge in [0.1, 0.15) is 5.82 Å². The molecule has 0 amide bonds. The van der Waals surface area contributed by atoms with Crippen LogP contribution in [0.3, 0.4) is 0 Å². The molecule has 1 aliphatic heterocycles. The molecule has 1 aliphatic rings. The predicted octanol–water partition coefficient (Wildman–Crippen LogP) is 1.49. The van der Waals surface area contributed by atoms with Gasteiger partial charge >= 0.3 is 0 Å². The fourth-order valence-corrected chi connectivity index (χ4v) is 2.70. The molecule has 1 unspecified atom stereocenters. The molecule has 1 atom stereocenters. The molecule has 5 nitrogen and oxygen atoms in total. The maximum absolute atomic E-state index is 14.2. The van der Waals surface area contributed by atoms with Gasteiger partial charge in [-0.1, -0.05) is 17.3 Å². The van der Waals surface area contributed by atoms with E-state index in [1.165, 1.54) is 18.9 Å². The van der Waals surface area contributed by atoms with Crippen molar-refractivity contribution < 1.29 is 9.60 Å². The van der Waals surface area contributed by atoms with Gasteiger partial charge in [-0.2, -0.15) is 0 Å². The first-order valence-electron chi connectivity index (χ1n) is 7.33. The molecular weight excluding hydrogens is 271 g/mol. The van der Waals surface area contributed by atoms with Crippen LogP contribution < -0.4 is 11.1 Å². The fourth-order valence-electron chi connectivity index (χ4n) is 2.70. The van der Waals surface area contributed by atoms with Crippen LogP contribution >= 0.6 is 0 Å². The minimum atomic E-state index is -0.436. The van der Waals surface area contributed by atoms with Crippen molar-refractivity contribution in [1.29, 1.82) is 0 Å². The average molecular weight is 294 g/mol. The maximum atomic E-state index is 14.2. The highest BCUT2D eigenvalue weighted by molar-refractivity contribution is 5.97. The average Bonchev–Trinajstić information content (AvgIpc) is 3.02. The molecule has 1 saturated heterocycles. The molecule has 0 bridgehead atoms. The lowest BCUT2D eigenvalue weighted by Crippen LogP contribution is -2.38. The molecule has 0 aliphatic carbocycles. The van der Waals surface area contributed by atoms with Crippen molar-refractivity contribution in [2.24, 2.45) is 10.9 Å². The van der Waals surface area contributed by atoms with Crippen molar-refractivity contribution in [1.82, 2.24) is 10.2 Å². The summed E-state index contributed by atoms with van der Waals surface area (Å²) in [4.78, 5) is 2.44. The lowest BCUT2D eigenvalue weighted by Gasteiger charge is -2.24. The number of nitrogens with one attached hydrogen (secondary N) is 1. The van der Waals surface area contributed by atoms with Crippen LogP contribution in [0.1, 0.15) is 30.9 Å². The Morgan fingerprint density at radius 3 is 2.86 bits per heavy atom. The number of amidine groups is 1. The molecule has 1 heterocycles. The Bertz CT molecular complexity index is 500. The minimum absolute atomic E-state index is 0.129. The highest BCUT2D eigenvalue weighted by Crippen LogP contribution is 2.14. The molecule has 6 heteroatoms. The first kappa shape index (κ1) is 15.7. The molecular formula is C15H23FN4O. The second-order valence-corrected chi connectivity index (χ2v) is 5.49. The van der Waals surface area contributed by atoms with E-state index in [0.29, 0.717) is 18.2 Å². The van der Waals surface area contributed by atoms with Gasteiger partial charge in [-0.05, 0) is 38.9 Å². The summed E-state index contributed by atoms with van der Waals surface area (Å²) < 4.78 is 14.2. The number of nitrogens with zero attached hydrogens (tertiary/aromatic N) is 2. The zero-order chi connectivity index (χ0) is 15.2. The zero-order valence-corrected chi connectivity index (χ0v) is 12.3. The summed E-state index contributed by atoms with van der Waals surface area (Å²) in [5, 5.41) is 14.8. The number of halogens is 1. The van der Waals surface area contributed by atoms with Gasteiger partial charge in [-0.25, -0.2) is 4.39 Å². The molecule has 116 valence electrons. The normalized spacial score (nSPS) is 18.1. The third-order valence-corrected chi connectivity index (χ3v) is 3.98. The Labute approximate surface area is 124 Å². The predicted molar refractivity (Wildman–Crippen MR) is 80.9 cm³/mol. The van der Waals surface area contributed by atoms with Crippen molar-refractivity contribution in [2.75, 3.05) is 19.6 Å². The van der Waals surface area contributed by atoms with Gasteiger partial charge in [0, 0.05) is 24.7 Å². The van der Waals surface area contributed by atoms with E-state index in [9.17, 15) is 4.39 Å². The van der Waals surface area contributed by atoms with Crippen molar-refractivity contribution in [3.63, 3.8) is 0 Å².